The zero-order valence-electron chi connectivity index (χ0n) is 25.3. The largest absolute Gasteiger partial charge is 0.458 e. The van der Waals surface area contributed by atoms with Crippen molar-refractivity contribution in [1.82, 2.24) is 19.4 Å². The molecule has 11 heteroatoms. The average molecular weight is 623 g/mol. The van der Waals surface area contributed by atoms with Gasteiger partial charge in [0.1, 0.15) is 12.4 Å². The van der Waals surface area contributed by atoms with Crippen LogP contribution in [0.1, 0.15) is 74.6 Å². The lowest BCUT2D eigenvalue weighted by Crippen LogP contribution is -2.48. The Kier molecular flexibility index (Phi) is 8.19. The lowest BCUT2D eigenvalue weighted by molar-refractivity contribution is -0.172. The molecule has 3 aromatic rings. The fraction of sp³-hybridized carbons (Fsp3) is 0.515. The Bertz CT molecular complexity index is 1690. The van der Waals surface area contributed by atoms with Gasteiger partial charge in [0, 0.05) is 35.6 Å². The Balaban J connectivity index is 0.00000343. The minimum Gasteiger partial charge on any atom is -0.458 e. The number of cyclic esters (lactones) is 1. The smallest absolute Gasteiger partial charge is 0.415 e. The van der Waals surface area contributed by atoms with Crippen LogP contribution in [-0.4, -0.2) is 68.7 Å². The van der Waals surface area contributed by atoms with Crippen molar-refractivity contribution < 1.29 is 24.2 Å². The Morgan fingerprint density at radius 3 is 2.52 bits per heavy atom. The summed E-state index contributed by atoms with van der Waals surface area (Å²) in [7, 11) is 0. The number of likely N-dealkylation sites (tertiary alicyclic amines) is 2. The van der Waals surface area contributed by atoms with E-state index in [9.17, 15) is 19.5 Å². The number of benzene rings is 1. The second kappa shape index (κ2) is 11.8. The van der Waals surface area contributed by atoms with Crippen molar-refractivity contribution in [2.24, 2.45) is 0 Å². The van der Waals surface area contributed by atoms with Crippen LogP contribution in [0.2, 0.25) is 0 Å². The van der Waals surface area contributed by atoms with E-state index in [1.165, 1.54) is 32.4 Å². The van der Waals surface area contributed by atoms with Crippen LogP contribution >= 0.6 is 12.4 Å². The van der Waals surface area contributed by atoms with Crippen LogP contribution in [0, 0.1) is 0 Å². The molecule has 234 valence electrons. The first-order chi connectivity index (χ1) is 20.8. The van der Waals surface area contributed by atoms with Crippen molar-refractivity contribution in [2.45, 2.75) is 83.6 Å². The standard InChI is InChI=1S/C33H38N4O6.ClH/c1-3-22-23-16-21(43-32(40)36-14-10-20(11-15-36)35-12-6-5-7-13-35)8-9-27(23)34-29-24(22)18-37-28(29)17-26-25(30(37)38)19-42-31(39)33(26,41)4-2;/h8-9,16-17,20,41H,3-7,10-15,18-19H2,1-2H3;1H. The lowest BCUT2D eigenvalue weighted by Gasteiger charge is -2.39. The molecule has 10 nitrogen and oxygen atoms in total. The van der Waals surface area contributed by atoms with Crippen molar-refractivity contribution in [3.05, 3.63) is 56.9 Å². The summed E-state index contributed by atoms with van der Waals surface area (Å²) in [4.78, 5) is 48.5. The molecule has 2 saturated heterocycles. The SMILES string of the molecule is CCc1c2c(nc3ccc(OC(=O)N4CCC(N5CCCCC5)CC4)cc13)-c1cc3c(c(=O)n1C2)COC(=O)C3(O)CC.Cl. The third-order valence-electron chi connectivity index (χ3n) is 9.97. The van der Waals surface area contributed by atoms with E-state index >= 15 is 0 Å². The number of fused-ring (bicyclic) bond motifs is 5. The molecular formula is C33H39ClN4O6. The van der Waals surface area contributed by atoms with Crippen molar-refractivity contribution in [3.63, 3.8) is 0 Å². The summed E-state index contributed by atoms with van der Waals surface area (Å²) in [6.45, 7) is 7.65. The van der Waals surface area contributed by atoms with E-state index in [1.54, 1.807) is 23.6 Å². The van der Waals surface area contributed by atoms with Gasteiger partial charge in [0.15, 0.2) is 5.60 Å². The molecule has 0 spiro atoms. The van der Waals surface area contributed by atoms with Gasteiger partial charge in [0.25, 0.3) is 5.56 Å². The number of nitrogens with zero attached hydrogens (tertiary/aromatic N) is 4. The van der Waals surface area contributed by atoms with Gasteiger partial charge in [-0.15, -0.1) is 12.4 Å². The fourth-order valence-electron chi connectivity index (χ4n) is 7.47. The molecule has 0 radical (unpaired) electrons. The number of aryl methyl sites for hydroxylation is 1. The van der Waals surface area contributed by atoms with Crippen LogP contribution in [0.3, 0.4) is 0 Å². The van der Waals surface area contributed by atoms with Crippen molar-refractivity contribution in [2.75, 3.05) is 26.2 Å². The fourth-order valence-corrected chi connectivity index (χ4v) is 7.47. The van der Waals surface area contributed by atoms with E-state index in [0.717, 1.165) is 34.9 Å². The summed E-state index contributed by atoms with van der Waals surface area (Å²) >= 11 is 0. The number of halogens is 1. The molecule has 1 N–H and O–H groups in total. The van der Waals surface area contributed by atoms with Gasteiger partial charge in [-0.1, -0.05) is 20.3 Å². The summed E-state index contributed by atoms with van der Waals surface area (Å²) in [5.74, 6) is -0.266. The van der Waals surface area contributed by atoms with Gasteiger partial charge < -0.3 is 28.9 Å². The molecule has 0 aliphatic carbocycles. The highest BCUT2D eigenvalue weighted by Crippen LogP contribution is 2.40. The Hall–Kier alpha value is -3.47. The summed E-state index contributed by atoms with van der Waals surface area (Å²) < 4.78 is 12.7. The quantitative estimate of drug-likeness (QED) is 0.331. The molecule has 2 aromatic heterocycles. The van der Waals surface area contributed by atoms with Gasteiger partial charge in [-0.2, -0.15) is 0 Å². The molecule has 6 heterocycles. The van der Waals surface area contributed by atoms with E-state index < -0.39 is 11.6 Å². The zero-order valence-corrected chi connectivity index (χ0v) is 26.1. The molecular weight excluding hydrogens is 584 g/mol. The first-order valence-electron chi connectivity index (χ1n) is 15.7. The number of rotatable bonds is 4. The van der Waals surface area contributed by atoms with E-state index in [2.05, 4.69) is 11.8 Å². The first-order valence-corrected chi connectivity index (χ1v) is 15.7. The Morgan fingerprint density at radius 1 is 1.07 bits per heavy atom. The van der Waals surface area contributed by atoms with E-state index in [1.807, 2.05) is 17.0 Å². The van der Waals surface area contributed by atoms with Crippen LogP contribution in [0.5, 0.6) is 5.75 Å². The highest BCUT2D eigenvalue weighted by molar-refractivity contribution is 5.90. The number of aromatic nitrogens is 2. The van der Waals surface area contributed by atoms with Gasteiger partial charge in [-0.3, -0.25) is 4.79 Å². The van der Waals surface area contributed by atoms with Gasteiger partial charge in [0.05, 0.1) is 29.0 Å². The van der Waals surface area contributed by atoms with Gasteiger partial charge in [-0.05, 0) is 81.4 Å². The van der Waals surface area contributed by atoms with Crippen LogP contribution in [0.25, 0.3) is 22.3 Å². The predicted molar refractivity (Wildman–Crippen MR) is 167 cm³/mol. The van der Waals surface area contributed by atoms with E-state index in [0.29, 0.717) is 60.4 Å². The number of amides is 1. The number of esters is 1. The number of carbonyl (C=O) groups is 2. The highest BCUT2D eigenvalue weighted by atomic mass is 35.5. The van der Waals surface area contributed by atoms with E-state index in [-0.39, 0.29) is 37.1 Å². The number of piperidine rings is 2. The number of hydrogen-bond acceptors (Lipinski definition) is 8. The molecule has 1 aromatic carbocycles. The molecule has 4 aliphatic heterocycles. The minimum absolute atomic E-state index is 0. The second-order valence-electron chi connectivity index (χ2n) is 12.2. The molecule has 7 rings (SSSR count). The van der Waals surface area contributed by atoms with Crippen molar-refractivity contribution in [1.29, 1.82) is 0 Å². The monoisotopic (exact) mass is 622 g/mol. The van der Waals surface area contributed by atoms with Gasteiger partial charge in [-0.25, -0.2) is 14.6 Å². The molecule has 1 unspecified atom stereocenters. The zero-order chi connectivity index (χ0) is 29.9. The number of pyridine rings is 2. The highest BCUT2D eigenvalue weighted by Gasteiger charge is 2.45. The summed E-state index contributed by atoms with van der Waals surface area (Å²) in [6.07, 6.45) is 6.26. The van der Waals surface area contributed by atoms with Crippen LogP contribution in [0.15, 0.2) is 29.1 Å². The molecule has 0 bridgehead atoms. The van der Waals surface area contributed by atoms with E-state index in [4.69, 9.17) is 14.5 Å². The van der Waals surface area contributed by atoms with Crippen LogP contribution in [0.4, 0.5) is 4.79 Å². The van der Waals surface area contributed by atoms with Crippen LogP contribution < -0.4 is 10.3 Å². The molecule has 4 aliphatic rings. The molecule has 44 heavy (non-hydrogen) atoms. The maximum atomic E-state index is 13.6. The Labute approximate surface area is 262 Å². The molecule has 1 amide bonds. The number of hydrogen-bond donors (Lipinski definition) is 1. The summed E-state index contributed by atoms with van der Waals surface area (Å²) in [6, 6.07) is 7.77. The number of ether oxygens (including phenoxy) is 2. The lowest BCUT2D eigenvalue weighted by atomic mass is 9.86. The summed E-state index contributed by atoms with van der Waals surface area (Å²) in [5, 5.41) is 12.0. The minimum atomic E-state index is -1.86. The third-order valence-corrected chi connectivity index (χ3v) is 9.97. The average Bonchev–Trinajstić information content (AvgIpc) is 3.41. The van der Waals surface area contributed by atoms with Gasteiger partial charge >= 0.3 is 12.1 Å². The molecule has 0 saturated carbocycles. The molecule has 2 fully saturated rings. The van der Waals surface area contributed by atoms with Crippen LogP contribution in [-0.2, 0) is 34.7 Å². The third kappa shape index (κ3) is 4.87. The topological polar surface area (TPSA) is 114 Å². The van der Waals surface area contributed by atoms with Crippen molar-refractivity contribution >= 4 is 35.4 Å². The normalized spacial score (nSPS) is 21.7. The second-order valence-corrected chi connectivity index (χ2v) is 12.2. The predicted octanol–water partition coefficient (Wildman–Crippen LogP) is 4.51. The summed E-state index contributed by atoms with van der Waals surface area (Å²) in [5.41, 5.74) is 2.38. The first kappa shape index (κ1) is 30.6. The number of aliphatic hydroxyl groups is 1. The van der Waals surface area contributed by atoms with Crippen molar-refractivity contribution in [3.8, 4) is 17.1 Å². The Morgan fingerprint density at radius 2 is 1.82 bits per heavy atom. The number of carbonyl (C=O) groups excluding carboxylic acids is 2. The maximum Gasteiger partial charge on any atom is 0.415 e. The maximum absolute atomic E-state index is 13.6. The molecule has 1 atom stereocenters. The van der Waals surface area contributed by atoms with Gasteiger partial charge in [0.2, 0.25) is 0 Å².